The first-order valence-corrected chi connectivity index (χ1v) is 12.2. The highest BCUT2D eigenvalue weighted by Gasteiger charge is 2.25. The number of hydrogen-bond donors (Lipinski definition) is 0. The van der Waals surface area contributed by atoms with Crippen molar-refractivity contribution in [1.29, 1.82) is 5.26 Å². The van der Waals surface area contributed by atoms with E-state index in [4.69, 9.17) is 4.98 Å². The van der Waals surface area contributed by atoms with E-state index in [0.29, 0.717) is 22.4 Å². The van der Waals surface area contributed by atoms with Gasteiger partial charge in [0.1, 0.15) is 4.83 Å². The van der Waals surface area contributed by atoms with Crippen molar-refractivity contribution in [2.24, 2.45) is 5.92 Å². The Morgan fingerprint density at radius 2 is 2.06 bits per heavy atom. The molecule has 1 aliphatic rings. The van der Waals surface area contributed by atoms with Crippen LogP contribution in [0.15, 0.2) is 64.5 Å². The minimum absolute atomic E-state index is 0.0246. The molecule has 4 nitrogen and oxygen atoms in total. The number of nitrogens with zero attached hydrogens (tertiary/aromatic N) is 3. The number of aryl methyl sites for hydroxylation is 1. The molecule has 1 aliphatic carbocycles. The van der Waals surface area contributed by atoms with Crippen LogP contribution in [0.3, 0.4) is 0 Å². The molecule has 0 aliphatic heterocycles. The zero-order valence-corrected chi connectivity index (χ0v) is 18.8. The third-order valence-electron chi connectivity index (χ3n) is 5.74. The Hall–Kier alpha value is -2.88. The van der Waals surface area contributed by atoms with E-state index in [0.717, 1.165) is 40.7 Å². The molecule has 0 bridgehead atoms. The molecule has 0 spiro atoms. The van der Waals surface area contributed by atoms with E-state index in [2.05, 4.69) is 13.0 Å². The predicted molar refractivity (Wildman–Crippen MR) is 127 cm³/mol. The zero-order chi connectivity index (χ0) is 21.4. The fourth-order valence-corrected chi connectivity index (χ4v) is 6.53. The number of thioether (sulfide) groups is 1. The SMILES string of the molecule is CC1CCc2c(sc3nc(SCc4cccc(C#N)c4)n(-c4ccccc4)c(=O)c23)C1. The van der Waals surface area contributed by atoms with Gasteiger partial charge in [-0.05, 0) is 60.6 Å². The lowest BCUT2D eigenvalue weighted by Crippen LogP contribution is -2.22. The molecule has 0 saturated heterocycles. The van der Waals surface area contributed by atoms with Crippen molar-refractivity contribution in [3.8, 4) is 11.8 Å². The van der Waals surface area contributed by atoms with Crippen LogP contribution < -0.4 is 5.56 Å². The molecule has 4 aromatic rings. The molecule has 0 saturated carbocycles. The highest BCUT2D eigenvalue weighted by molar-refractivity contribution is 7.98. The van der Waals surface area contributed by atoms with Crippen molar-refractivity contribution in [2.45, 2.75) is 37.1 Å². The molecule has 154 valence electrons. The second-order valence-electron chi connectivity index (χ2n) is 8.00. The maximum Gasteiger partial charge on any atom is 0.267 e. The summed E-state index contributed by atoms with van der Waals surface area (Å²) in [4.78, 5) is 20.9. The molecule has 2 aromatic carbocycles. The van der Waals surface area contributed by atoms with E-state index >= 15 is 0 Å². The number of aromatic nitrogens is 2. The van der Waals surface area contributed by atoms with Gasteiger partial charge in [-0.15, -0.1) is 11.3 Å². The Balaban J connectivity index is 1.64. The maximum atomic E-state index is 13.7. The monoisotopic (exact) mass is 443 g/mol. The predicted octanol–water partition coefficient (Wildman–Crippen LogP) is 5.74. The summed E-state index contributed by atoms with van der Waals surface area (Å²) in [5.74, 6) is 1.29. The van der Waals surface area contributed by atoms with Crippen LogP contribution in [0.5, 0.6) is 0 Å². The Labute approximate surface area is 189 Å². The topological polar surface area (TPSA) is 58.7 Å². The molecule has 6 heteroatoms. The third kappa shape index (κ3) is 3.80. The largest absolute Gasteiger partial charge is 0.268 e. The number of fused-ring (bicyclic) bond motifs is 3. The molecule has 0 fully saturated rings. The van der Waals surface area contributed by atoms with Gasteiger partial charge in [-0.2, -0.15) is 5.26 Å². The molecule has 2 heterocycles. The number of rotatable bonds is 4. The molecule has 1 atom stereocenters. The summed E-state index contributed by atoms with van der Waals surface area (Å²) >= 11 is 3.22. The van der Waals surface area contributed by atoms with Crippen molar-refractivity contribution in [1.82, 2.24) is 9.55 Å². The standard InChI is InChI=1S/C25H21N3OS2/c1-16-10-11-20-21(12-16)31-23-22(20)24(29)28(19-8-3-2-4-9-19)25(27-23)30-15-18-7-5-6-17(13-18)14-26/h2-9,13,16H,10-12,15H2,1H3. The van der Waals surface area contributed by atoms with Gasteiger partial charge in [-0.25, -0.2) is 4.98 Å². The highest BCUT2D eigenvalue weighted by Crippen LogP contribution is 2.37. The van der Waals surface area contributed by atoms with Crippen LogP contribution in [0.25, 0.3) is 15.9 Å². The van der Waals surface area contributed by atoms with Gasteiger partial charge in [0.05, 0.1) is 22.7 Å². The third-order valence-corrected chi connectivity index (χ3v) is 7.89. The lowest BCUT2D eigenvalue weighted by Gasteiger charge is -2.17. The normalized spacial score (nSPS) is 15.5. The molecule has 1 unspecified atom stereocenters. The molecule has 0 N–H and O–H groups in total. The van der Waals surface area contributed by atoms with Crippen LogP contribution in [0.1, 0.15) is 34.9 Å². The zero-order valence-electron chi connectivity index (χ0n) is 17.2. The Kier molecular flexibility index (Phi) is 5.39. The van der Waals surface area contributed by atoms with Crippen molar-refractivity contribution in [3.05, 3.63) is 86.5 Å². The first kappa shape index (κ1) is 20.0. The number of para-hydroxylation sites is 1. The van der Waals surface area contributed by atoms with Gasteiger partial charge in [-0.3, -0.25) is 9.36 Å². The summed E-state index contributed by atoms with van der Waals surface area (Å²) in [5, 5.41) is 10.7. The van der Waals surface area contributed by atoms with E-state index in [9.17, 15) is 10.1 Å². The van der Waals surface area contributed by atoms with E-state index in [1.165, 1.54) is 22.2 Å². The minimum atomic E-state index is 0.0246. The van der Waals surface area contributed by atoms with Gasteiger partial charge < -0.3 is 0 Å². The van der Waals surface area contributed by atoms with Crippen LogP contribution >= 0.6 is 23.1 Å². The average Bonchev–Trinajstić information content (AvgIpc) is 3.16. The van der Waals surface area contributed by atoms with Gasteiger partial charge in [-0.1, -0.05) is 49.0 Å². The number of benzene rings is 2. The minimum Gasteiger partial charge on any atom is -0.268 e. The van der Waals surface area contributed by atoms with E-state index in [1.807, 2.05) is 48.5 Å². The first-order valence-electron chi connectivity index (χ1n) is 10.4. The van der Waals surface area contributed by atoms with E-state index in [1.54, 1.807) is 22.0 Å². The average molecular weight is 444 g/mol. The van der Waals surface area contributed by atoms with Crippen molar-refractivity contribution in [2.75, 3.05) is 0 Å². The van der Waals surface area contributed by atoms with E-state index in [-0.39, 0.29) is 5.56 Å². The van der Waals surface area contributed by atoms with E-state index < -0.39 is 0 Å². The fourth-order valence-electron chi connectivity index (χ4n) is 4.15. The molecular weight excluding hydrogens is 422 g/mol. The Morgan fingerprint density at radius 1 is 1.23 bits per heavy atom. The van der Waals surface area contributed by atoms with Gasteiger partial charge >= 0.3 is 0 Å². The van der Waals surface area contributed by atoms with Crippen LogP contribution in [0.2, 0.25) is 0 Å². The smallest absolute Gasteiger partial charge is 0.267 e. The summed E-state index contributed by atoms with van der Waals surface area (Å²) in [6, 6.07) is 19.5. The van der Waals surface area contributed by atoms with Gasteiger partial charge in [0.15, 0.2) is 5.16 Å². The lowest BCUT2D eigenvalue weighted by atomic mass is 9.89. The molecule has 0 radical (unpaired) electrons. The Bertz CT molecular complexity index is 1370. The second-order valence-corrected chi connectivity index (χ2v) is 10.0. The van der Waals surface area contributed by atoms with Crippen molar-refractivity contribution in [3.63, 3.8) is 0 Å². The molecule has 2 aromatic heterocycles. The molecule has 5 rings (SSSR count). The number of thiophene rings is 1. The number of nitriles is 1. The van der Waals surface area contributed by atoms with Crippen LogP contribution in [0, 0.1) is 17.2 Å². The summed E-state index contributed by atoms with van der Waals surface area (Å²) < 4.78 is 1.76. The summed E-state index contributed by atoms with van der Waals surface area (Å²) in [5.41, 5.74) is 3.74. The summed E-state index contributed by atoms with van der Waals surface area (Å²) in [6.07, 6.45) is 3.11. The van der Waals surface area contributed by atoms with Crippen LogP contribution in [-0.2, 0) is 18.6 Å². The van der Waals surface area contributed by atoms with Crippen LogP contribution in [-0.4, -0.2) is 9.55 Å². The van der Waals surface area contributed by atoms with Crippen molar-refractivity contribution >= 4 is 33.3 Å². The quantitative estimate of drug-likeness (QED) is 0.298. The molecule has 0 amide bonds. The highest BCUT2D eigenvalue weighted by atomic mass is 32.2. The van der Waals surface area contributed by atoms with Gasteiger partial charge in [0.25, 0.3) is 5.56 Å². The summed E-state index contributed by atoms with van der Waals surface area (Å²) in [6.45, 7) is 2.28. The molecule has 31 heavy (non-hydrogen) atoms. The molecular formula is C25H21N3OS2. The van der Waals surface area contributed by atoms with Crippen LogP contribution in [0.4, 0.5) is 0 Å². The second kappa shape index (κ2) is 8.33. The summed E-state index contributed by atoms with van der Waals surface area (Å²) in [7, 11) is 0. The van der Waals surface area contributed by atoms with Crippen molar-refractivity contribution < 1.29 is 0 Å². The first-order chi connectivity index (χ1) is 15.1. The maximum absolute atomic E-state index is 13.7. The number of hydrogen-bond acceptors (Lipinski definition) is 5. The van der Waals surface area contributed by atoms with Gasteiger partial charge in [0.2, 0.25) is 0 Å². The van der Waals surface area contributed by atoms with Gasteiger partial charge in [0, 0.05) is 10.6 Å². The Morgan fingerprint density at radius 3 is 2.87 bits per heavy atom. The lowest BCUT2D eigenvalue weighted by molar-refractivity contribution is 0.509. The fraction of sp³-hybridized carbons (Fsp3) is 0.240.